The third kappa shape index (κ3) is 4.95. The Bertz CT molecular complexity index is 1020. The summed E-state index contributed by atoms with van der Waals surface area (Å²) in [5.74, 6) is -0.0100. The fourth-order valence-corrected chi connectivity index (χ4v) is 3.57. The van der Waals surface area contributed by atoms with Crippen molar-refractivity contribution in [2.75, 3.05) is 19.1 Å². The minimum Gasteiger partial charge on any atom is -0.467 e. The second-order valence-electron chi connectivity index (χ2n) is 6.77. The Morgan fingerprint density at radius 3 is 2.55 bits per heavy atom. The molecule has 0 fully saturated rings. The van der Waals surface area contributed by atoms with E-state index in [1.54, 1.807) is 17.8 Å². The lowest BCUT2D eigenvalue weighted by Crippen LogP contribution is -2.42. The maximum Gasteiger partial charge on any atom is 0.328 e. The number of para-hydroxylation sites is 1. The van der Waals surface area contributed by atoms with Gasteiger partial charge in [-0.1, -0.05) is 48.0 Å². The molecule has 1 heterocycles. The third-order valence-corrected chi connectivity index (χ3v) is 5.35. The number of pyridine rings is 1. The Balaban J connectivity index is 2.01. The molecule has 29 heavy (non-hydrogen) atoms. The van der Waals surface area contributed by atoms with E-state index >= 15 is 0 Å². The van der Waals surface area contributed by atoms with Crippen LogP contribution in [0.3, 0.4) is 0 Å². The molecule has 1 amide bonds. The monoisotopic (exact) mass is 408 g/mol. The highest BCUT2D eigenvalue weighted by Gasteiger charge is 2.23. The van der Waals surface area contributed by atoms with Crippen LogP contribution in [-0.2, 0) is 9.53 Å². The van der Waals surface area contributed by atoms with E-state index in [4.69, 9.17) is 9.72 Å². The number of nitrogens with one attached hydrogen (secondary N) is 1. The van der Waals surface area contributed by atoms with E-state index in [0.717, 1.165) is 27.8 Å². The molecule has 0 spiro atoms. The number of thioether (sulfide) groups is 1. The van der Waals surface area contributed by atoms with Gasteiger partial charge < -0.3 is 10.1 Å². The van der Waals surface area contributed by atoms with Crippen LogP contribution in [0, 0.1) is 6.92 Å². The Labute approximate surface area is 174 Å². The van der Waals surface area contributed by atoms with Crippen molar-refractivity contribution in [1.29, 1.82) is 0 Å². The Morgan fingerprint density at radius 1 is 1.14 bits per heavy atom. The molecule has 0 unspecified atom stereocenters. The van der Waals surface area contributed by atoms with Crippen molar-refractivity contribution in [3.05, 3.63) is 65.7 Å². The first-order valence-corrected chi connectivity index (χ1v) is 10.8. The summed E-state index contributed by atoms with van der Waals surface area (Å²) in [6, 6.07) is 16.6. The van der Waals surface area contributed by atoms with Gasteiger partial charge in [-0.3, -0.25) is 4.79 Å². The van der Waals surface area contributed by atoms with Crippen LogP contribution in [0.25, 0.3) is 22.2 Å². The zero-order chi connectivity index (χ0) is 20.8. The van der Waals surface area contributed by atoms with E-state index in [-0.39, 0.29) is 5.91 Å². The topological polar surface area (TPSA) is 68.3 Å². The summed E-state index contributed by atoms with van der Waals surface area (Å²) in [6.07, 6.45) is 2.47. The van der Waals surface area contributed by atoms with E-state index in [1.165, 1.54) is 7.11 Å². The molecule has 0 aliphatic heterocycles. The highest BCUT2D eigenvalue weighted by molar-refractivity contribution is 7.98. The second kappa shape index (κ2) is 9.56. The van der Waals surface area contributed by atoms with Crippen LogP contribution in [0.2, 0.25) is 0 Å². The van der Waals surface area contributed by atoms with Crippen molar-refractivity contribution >= 4 is 34.5 Å². The number of fused-ring (bicyclic) bond motifs is 1. The smallest absolute Gasteiger partial charge is 0.328 e. The highest BCUT2D eigenvalue weighted by Crippen LogP contribution is 2.25. The molecule has 1 N–H and O–H groups in total. The van der Waals surface area contributed by atoms with Gasteiger partial charge in [0.1, 0.15) is 6.04 Å². The molecule has 0 saturated heterocycles. The molecule has 1 atom stereocenters. The van der Waals surface area contributed by atoms with E-state index in [0.29, 0.717) is 17.7 Å². The van der Waals surface area contributed by atoms with Gasteiger partial charge in [-0.25, -0.2) is 9.78 Å². The Hall–Kier alpha value is -2.86. The summed E-state index contributed by atoms with van der Waals surface area (Å²) >= 11 is 1.62. The lowest BCUT2D eigenvalue weighted by molar-refractivity contribution is -0.142. The van der Waals surface area contributed by atoms with Crippen molar-refractivity contribution in [1.82, 2.24) is 10.3 Å². The molecule has 0 saturated carbocycles. The van der Waals surface area contributed by atoms with Gasteiger partial charge in [0.25, 0.3) is 5.91 Å². The van der Waals surface area contributed by atoms with Gasteiger partial charge >= 0.3 is 5.97 Å². The molecule has 6 heteroatoms. The minimum atomic E-state index is -0.685. The number of nitrogens with zero attached hydrogens (tertiary/aromatic N) is 1. The summed E-state index contributed by atoms with van der Waals surface area (Å²) in [6.45, 7) is 2.03. The number of hydrogen-bond donors (Lipinski definition) is 1. The molecular weight excluding hydrogens is 384 g/mol. The van der Waals surface area contributed by atoms with Crippen LogP contribution < -0.4 is 5.32 Å². The highest BCUT2D eigenvalue weighted by atomic mass is 32.2. The fraction of sp³-hybridized carbons (Fsp3) is 0.261. The first-order valence-electron chi connectivity index (χ1n) is 9.38. The van der Waals surface area contributed by atoms with Crippen LogP contribution in [0.4, 0.5) is 0 Å². The van der Waals surface area contributed by atoms with Crippen LogP contribution in [0.15, 0.2) is 54.6 Å². The van der Waals surface area contributed by atoms with E-state index in [9.17, 15) is 9.59 Å². The van der Waals surface area contributed by atoms with E-state index in [2.05, 4.69) is 5.32 Å². The largest absolute Gasteiger partial charge is 0.467 e. The average molecular weight is 409 g/mol. The van der Waals surface area contributed by atoms with E-state index in [1.807, 2.05) is 61.7 Å². The summed E-state index contributed by atoms with van der Waals surface area (Å²) in [4.78, 5) is 30.0. The standard InChI is InChI=1S/C23H24N2O3S/c1-15-8-10-16(11-9-15)21-14-18(17-6-4-5-7-19(17)24-21)22(26)25-20(12-13-29-3)23(27)28-2/h4-11,14,20H,12-13H2,1-3H3,(H,25,26)/t20-/m1/s1. The maximum atomic E-state index is 13.1. The number of aromatic nitrogens is 1. The first-order chi connectivity index (χ1) is 14.0. The van der Waals surface area contributed by atoms with Gasteiger partial charge in [-0.2, -0.15) is 11.8 Å². The van der Waals surface area contributed by atoms with Gasteiger partial charge in [0, 0.05) is 10.9 Å². The molecule has 1 aromatic heterocycles. The number of methoxy groups -OCH3 is 1. The summed E-state index contributed by atoms with van der Waals surface area (Å²) in [5.41, 5.74) is 4.02. The number of benzene rings is 2. The number of carbonyl (C=O) groups excluding carboxylic acids is 2. The average Bonchev–Trinajstić information content (AvgIpc) is 2.75. The van der Waals surface area contributed by atoms with Crippen molar-refractivity contribution in [3.63, 3.8) is 0 Å². The molecular formula is C23H24N2O3S. The summed E-state index contributed by atoms with van der Waals surface area (Å²) < 4.78 is 4.86. The zero-order valence-electron chi connectivity index (χ0n) is 16.8. The number of ether oxygens (including phenoxy) is 1. The van der Waals surface area contributed by atoms with Gasteiger partial charge in [-0.15, -0.1) is 0 Å². The Morgan fingerprint density at radius 2 is 1.86 bits per heavy atom. The number of aryl methyl sites for hydroxylation is 1. The minimum absolute atomic E-state index is 0.312. The van der Waals surface area contributed by atoms with Crippen molar-refractivity contribution in [3.8, 4) is 11.3 Å². The predicted molar refractivity (Wildman–Crippen MR) is 118 cm³/mol. The number of carbonyl (C=O) groups is 2. The fourth-order valence-electron chi connectivity index (χ4n) is 3.10. The third-order valence-electron chi connectivity index (χ3n) is 4.71. The van der Waals surface area contributed by atoms with Crippen molar-refractivity contribution in [2.45, 2.75) is 19.4 Å². The van der Waals surface area contributed by atoms with Gasteiger partial charge in [0.2, 0.25) is 0 Å². The van der Waals surface area contributed by atoms with Gasteiger partial charge in [0.15, 0.2) is 0 Å². The van der Waals surface area contributed by atoms with Crippen LogP contribution in [-0.4, -0.2) is 42.0 Å². The SMILES string of the molecule is COC(=O)[C@@H](CCSC)NC(=O)c1cc(-c2ccc(C)cc2)nc2ccccc12. The maximum absolute atomic E-state index is 13.1. The van der Waals surface area contributed by atoms with Crippen molar-refractivity contribution in [2.24, 2.45) is 0 Å². The van der Waals surface area contributed by atoms with E-state index < -0.39 is 12.0 Å². The number of rotatable bonds is 7. The lowest BCUT2D eigenvalue weighted by Gasteiger charge is -2.17. The zero-order valence-corrected chi connectivity index (χ0v) is 17.6. The van der Waals surface area contributed by atoms with Crippen LogP contribution in [0.5, 0.6) is 0 Å². The van der Waals surface area contributed by atoms with Crippen LogP contribution >= 0.6 is 11.8 Å². The molecule has 150 valence electrons. The Kier molecular flexibility index (Phi) is 6.88. The second-order valence-corrected chi connectivity index (χ2v) is 7.75. The molecule has 2 aromatic carbocycles. The summed E-state index contributed by atoms with van der Waals surface area (Å²) in [5, 5.41) is 3.59. The first kappa shape index (κ1) is 20.9. The van der Waals surface area contributed by atoms with Crippen LogP contribution in [0.1, 0.15) is 22.3 Å². The molecule has 0 aliphatic carbocycles. The van der Waals surface area contributed by atoms with Crippen molar-refractivity contribution < 1.29 is 14.3 Å². The quantitative estimate of drug-likeness (QED) is 0.593. The molecule has 0 bridgehead atoms. The lowest BCUT2D eigenvalue weighted by atomic mass is 10.0. The normalized spacial score (nSPS) is 11.8. The predicted octanol–water partition coefficient (Wildman–Crippen LogP) is 4.23. The molecule has 0 aliphatic rings. The van der Waals surface area contributed by atoms with Gasteiger partial charge in [-0.05, 0) is 37.5 Å². The molecule has 0 radical (unpaired) electrons. The number of hydrogen-bond acceptors (Lipinski definition) is 5. The molecule has 5 nitrogen and oxygen atoms in total. The molecule has 3 aromatic rings. The molecule has 3 rings (SSSR count). The summed E-state index contributed by atoms with van der Waals surface area (Å²) in [7, 11) is 1.33. The number of amides is 1. The number of esters is 1. The van der Waals surface area contributed by atoms with Gasteiger partial charge in [0.05, 0.1) is 23.9 Å².